The van der Waals surface area contributed by atoms with Crippen LogP contribution in [0.1, 0.15) is 54.6 Å². The van der Waals surface area contributed by atoms with Crippen molar-refractivity contribution >= 4 is 17.5 Å². The maximum Gasteiger partial charge on any atom is 0.316 e. The number of likely N-dealkylation sites (N-methyl/N-ethyl adjacent to an activating group) is 2. The number of oxazole rings is 1. The molecule has 0 aliphatic heterocycles. The lowest BCUT2D eigenvalue weighted by Crippen LogP contribution is -2.55. The summed E-state index contributed by atoms with van der Waals surface area (Å²) in [7, 11) is 4.97. The average molecular weight is 458 g/mol. The molecule has 1 aromatic carbocycles. The van der Waals surface area contributed by atoms with Crippen molar-refractivity contribution in [3.8, 4) is 11.3 Å². The van der Waals surface area contributed by atoms with E-state index in [4.69, 9.17) is 9.15 Å². The predicted molar refractivity (Wildman–Crippen MR) is 132 cm³/mol. The van der Waals surface area contributed by atoms with Gasteiger partial charge in [0.25, 0.3) is 0 Å². The molecule has 33 heavy (non-hydrogen) atoms. The Balaban J connectivity index is 2.50. The molecule has 0 spiro atoms. The van der Waals surface area contributed by atoms with Gasteiger partial charge < -0.3 is 19.0 Å². The molecule has 7 heteroatoms. The van der Waals surface area contributed by atoms with E-state index in [9.17, 15) is 9.59 Å². The molecule has 1 unspecified atom stereocenters. The zero-order valence-electron chi connectivity index (χ0n) is 22.3. The van der Waals surface area contributed by atoms with E-state index in [1.54, 1.807) is 21.2 Å². The van der Waals surface area contributed by atoms with E-state index in [0.717, 1.165) is 45.0 Å². The number of hydrogen-bond acceptors (Lipinski definition) is 5. The van der Waals surface area contributed by atoms with E-state index in [0.29, 0.717) is 12.5 Å². The highest BCUT2D eigenvalue weighted by atomic mass is 16.5. The van der Waals surface area contributed by atoms with Gasteiger partial charge >= 0.3 is 11.8 Å². The van der Waals surface area contributed by atoms with Gasteiger partial charge in [-0.1, -0.05) is 6.92 Å². The van der Waals surface area contributed by atoms with E-state index < -0.39 is 17.4 Å². The number of anilines is 1. The summed E-state index contributed by atoms with van der Waals surface area (Å²) in [6, 6.07) is 0. The highest BCUT2D eigenvalue weighted by Gasteiger charge is 2.38. The number of carbonyl (C=O) groups is 2. The number of rotatable bonds is 6. The molecule has 1 atom stereocenters. The molecule has 0 bridgehead atoms. The predicted octanol–water partition coefficient (Wildman–Crippen LogP) is 4.67. The number of methoxy groups -OCH3 is 1. The summed E-state index contributed by atoms with van der Waals surface area (Å²) in [5.41, 5.74) is 5.88. The van der Waals surface area contributed by atoms with Crippen molar-refractivity contribution in [2.75, 3.05) is 32.7 Å². The van der Waals surface area contributed by atoms with Crippen LogP contribution >= 0.6 is 0 Å². The van der Waals surface area contributed by atoms with Gasteiger partial charge in [0.05, 0.1) is 18.0 Å². The fourth-order valence-electron chi connectivity index (χ4n) is 4.33. The zero-order chi connectivity index (χ0) is 25.4. The van der Waals surface area contributed by atoms with Crippen LogP contribution < -0.4 is 4.90 Å². The molecule has 0 radical (unpaired) electrons. The quantitative estimate of drug-likeness (QED) is 0.589. The molecule has 2 amide bonds. The summed E-state index contributed by atoms with van der Waals surface area (Å²) in [6.45, 7) is 18.1. The topological polar surface area (TPSA) is 75.9 Å². The van der Waals surface area contributed by atoms with Crippen molar-refractivity contribution in [1.29, 1.82) is 0 Å². The van der Waals surface area contributed by atoms with Crippen LogP contribution in [0.4, 0.5) is 5.69 Å². The van der Waals surface area contributed by atoms with Crippen molar-refractivity contribution in [2.24, 2.45) is 5.92 Å². The summed E-state index contributed by atoms with van der Waals surface area (Å²) < 4.78 is 11.2. The van der Waals surface area contributed by atoms with Crippen LogP contribution in [0.2, 0.25) is 0 Å². The maximum absolute atomic E-state index is 13.3. The molecule has 2 aromatic rings. The minimum atomic E-state index is -0.570. The maximum atomic E-state index is 13.3. The van der Waals surface area contributed by atoms with E-state index in [1.807, 2.05) is 62.3 Å². The lowest BCUT2D eigenvalue weighted by molar-refractivity contribution is -0.148. The molecule has 0 aliphatic carbocycles. The Kier molecular flexibility index (Phi) is 7.79. The van der Waals surface area contributed by atoms with Gasteiger partial charge in [-0.25, -0.2) is 4.98 Å². The normalized spacial score (nSPS) is 12.6. The first-order chi connectivity index (χ1) is 15.2. The van der Waals surface area contributed by atoms with E-state index in [-0.39, 0.29) is 5.92 Å². The Labute approximate surface area is 198 Å². The van der Waals surface area contributed by atoms with Crippen LogP contribution in [0.5, 0.6) is 0 Å². The van der Waals surface area contributed by atoms with Crippen LogP contribution in [0.15, 0.2) is 4.42 Å². The SMILES string of the molecule is COCC(C)C(C)(C)N(C)C(=O)C(=O)N(C)c1c(C)c(C)c(-c2oc(C)nc2C)c(C)c1C. The Hall–Kier alpha value is -2.67. The summed E-state index contributed by atoms with van der Waals surface area (Å²) >= 11 is 0. The number of nitrogens with zero attached hydrogens (tertiary/aromatic N) is 3. The van der Waals surface area contributed by atoms with Gasteiger partial charge in [0, 0.05) is 45.1 Å². The van der Waals surface area contributed by atoms with Crippen LogP contribution in [-0.2, 0) is 14.3 Å². The first kappa shape index (κ1) is 26.6. The monoisotopic (exact) mass is 457 g/mol. The second-order valence-electron chi connectivity index (χ2n) is 9.61. The third-order valence-corrected chi connectivity index (χ3v) is 7.33. The Morgan fingerprint density at radius 2 is 1.48 bits per heavy atom. The highest BCUT2D eigenvalue weighted by molar-refractivity contribution is 6.40. The largest absolute Gasteiger partial charge is 0.441 e. The molecule has 7 nitrogen and oxygen atoms in total. The number of benzene rings is 1. The fraction of sp³-hybridized carbons (Fsp3) is 0.577. The lowest BCUT2D eigenvalue weighted by Gasteiger charge is -2.40. The zero-order valence-corrected chi connectivity index (χ0v) is 22.3. The molecule has 0 aliphatic rings. The summed E-state index contributed by atoms with van der Waals surface area (Å²) in [4.78, 5) is 34.0. The standard InChI is InChI=1S/C26H39N3O4/c1-14(13-32-12)26(8,9)29(11)25(31)24(30)28(10)22-17(4)15(2)21(16(3)18(22)5)23-19(6)27-20(7)33-23/h14H,13H2,1-12H3. The van der Waals surface area contributed by atoms with Crippen molar-refractivity contribution in [1.82, 2.24) is 9.88 Å². The van der Waals surface area contributed by atoms with Crippen LogP contribution in [0.3, 0.4) is 0 Å². The molecule has 2 rings (SSSR count). The number of ether oxygens (including phenoxy) is 1. The minimum Gasteiger partial charge on any atom is -0.441 e. The van der Waals surface area contributed by atoms with Gasteiger partial charge in [0.1, 0.15) is 0 Å². The molecule has 1 heterocycles. The first-order valence-electron chi connectivity index (χ1n) is 11.3. The number of aromatic nitrogens is 1. The molecular formula is C26H39N3O4. The third kappa shape index (κ3) is 4.69. The van der Waals surface area contributed by atoms with Crippen molar-refractivity contribution < 1.29 is 18.7 Å². The number of aryl methyl sites for hydroxylation is 2. The van der Waals surface area contributed by atoms with Gasteiger partial charge in [-0.15, -0.1) is 0 Å². The number of hydrogen-bond donors (Lipinski definition) is 0. The fourth-order valence-corrected chi connectivity index (χ4v) is 4.33. The van der Waals surface area contributed by atoms with Gasteiger partial charge in [-0.3, -0.25) is 9.59 Å². The summed E-state index contributed by atoms with van der Waals surface area (Å²) in [5.74, 6) is 0.297. The van der Waals surface area contributed by atoms with Crippen LogP contribution in [-0.4, -0.2) is 55.0 Å². The van der Waals surface area contributed by atoms with Gasteiger partial charge in [0.15, 0.2) is 11.7 Å². The van der Waals surface area contributed by atoms with E-state index in [2.05, 4.69) is 4.98 Å². The van der Waals surface area contributed by atoms with Crippen LogP contribution in [0.25, 0.3) is 11.3 Å². The summed E-state index contributed by atoms with van der Waals surface area (Å²) in [5, 5.41) is 0. The van der Waals surface area contributed by atoms with E-state index >= 15 is 0 Å². The van der Waals surface area contributed by atoms with Crippen molar-refractivity contribution in [3.63, 3.8) is 0 Å². The highest BCUT2D eigenvalue weighted by Crippen LogP contribution is 2.40. The lowest BCUT2D eigenvalue weighted by atomic mass is 9.87. The van der Waals surface area contributed by atoms with Gasteiger partial charge in [-0.2, -0.15) is 0 Å². The van der Waals surface area contributed by atoms with Crippen molar-refractivity contribution in [2.45, 2.75) is 67.9 Å². The molecule has 0 saturated carbocycles. The molecular weight excluding hydrogens is 418 g/mol. The van der Waals surface area contributed by atoms with Gasteiger partial charge in [-0.05, 0) is 70.7 Å². The molecule has 0 saturated heterocycles. The van der Waals surface area contributed by atoms with Crippen LogP contribution in [0, 0.1) is 47.5 Å². The Morgan fingerprint density at radius 1 is 0.970 bits per heavy atom. The van der Waals surface area contributed by atoms with Gasteiger partial charge in [0.2, 0.25) is 0 Å². The molecule has 1 aromatic heterocycles. The van der Waals surface area contributed by atoms with E-state index in [1.165, 1.54) is 9.80 Å². The average Bonchev–Trinajstić information content (AvgIpc) is 3.08. The second kappa shape index (κ2) is 9.67. The molecule has 0 fully saturated rings. The first-order valence-corrected chi connectivity index (χ1v) is 11.3. The third-order valence-electron chi connectivity index (χ3n) is 7.33. The minimum absolute atomic E-state index is 0.0513. The Bertz CT molecular complexity index is 1040. The second-order valence-corrected chi connectivity index (χ2v) is 9.61. The summed E-state index contributed by atoms with van der Waals surface area (Å²) in [6.07, 6.45) is 0. The Morgan fingerprint density at radius 3 is 1.91 bits per heavy atom. The molecule has 182 valence electrons. The number of carbonyl (C=O) groups excluding carboxylic acids is 2. The van der Waals surface area contributed by atoms with Crippen molar-refractivity contribution in [3.05, 3.63) is 33.8 Å². The number of amides is 2. The molecule has 0 N–H and O–H groups in total. The smallest absolute Gasteiger partial charge is 0.316 e.